The van der Waals surface area contributed by atoms with Crippen LogP contribution in [0.4, 0.5) is 0 Å². The molecule has 0 amide bonds. The number of hydrogen-bond acceptors (Lipinski definition) is 6. The van der Waals surface area contributed by atoms with Gasteiger partial charge in [0.05, 0.1) is 10.9 Å². The van der Waals surface area contributed by atoms with Crippen molar-refractivity contribution >= 4 is 9.84 Å². The fourth-order valence-electron chi connectivity index (χ4n) is 6.34. The van der Waals surface area contributed by atoms with Gasteiger partial charge in [0.2, 0.25) is 0 Å². The Balaban J connectivity index is 1.40. The van der Waals surface area contributed by atoms with Crippen LogP contribution in [0.1, 0.15) is 68.6 Å². The number of sulfone groups is 1. The minimum Gasteiger partial charge on any atom is -0.508 e. The smallest absolute Gasteiger partial charge is 0.175 e. The molecule has 0 spiro atoms. The second-order valence-electron chi connectivity index (χ2n) is 10.3. The summed E-state index contributed by atoms with van der Waals surface area (Å²) >= 11 is 0. The highest BCUT2D eigenvalue weighted by Gasteiger charge is 2.43. The molecule has 6 nitrogen and oxygen atoms in total. The molecule has 0 bridgehead atoms. The van der Waals surface area contributed by atoms with Gasteiger partial charge in [-0.2, -0.15) is 0 Å². The summed E-state index contributed by atoms with van der Waals surface area (Å²) in [4.78, 5) is 2.83. The number of likely N-dealkylation sites (tertiary alicyclic amines) is 1. The Morgan fingerprint density at radius 2 is 1.74 bits per heavy atom. The predicted octanol–water partition coefficient (Wildman–Crippen LogP) is 4.98. The van der Waals surface area contributed by atoms with E-state index in [0.717, 1.165) is 30.0 Å². The van der Waals surface area contributed by atoms with E-state index in [0.29, 0.717) is 18.2 Å². The summed E-state index contributed by atoms with van der Waals surface area (Å²) in [6.07, 6.45) is 11.8. The third-order valence-corrected chi connectivity index (χ3v) is 9.19. The number of ether oxygens (including phenoxy) is 1. The molecular formula is C27H35NO5S. The zero-order chi connectivity index (χ0) is 23.9. The lowest BCUT2D eigenvalue weighted by Crippen LogP contribution is -2.43. The molecule has 1 saturated heterocycles. The van der Waals surface area contributed by atoms with Crippen molar-refractivity contribution in [3.05, 3.63) is 47.5 Å². The Labute approximate surface area is 202 Å². The minimum atomic E-state index is -3.28. The van der Waals surface area contributed by atoms with Gasteiger partial charge in [0.15, 0.2) is 9.84 Å². The van der Waals surface area contributed by atoms with Gasteiger partial charge in [-0.05, 0) is 74.9 Å². The summed E-state index contributed by atoms with van der Waals surface area (Å²) in [6, 6.07) is 10.2. The average molecular weight is 486 g/mol. The van der Waals surface area contributed by atoms with Gasteiger partial charge in [-0.1, -0.05) is 25.7 Å². The van der Waals surface area contributed by atoms with Gasteiger partial charge in [-0.15, -0.1) is 0 Å². The Kier molecular flexibility index (Phi) is 6.51. The van der Waals surface area contributed by atoms with Gasteiger partial charge < -0.3 is 14.9 Å². The molecule has 7 heteroatoms. The first-order valence-electron chi connectivity index (χ1n) is 12.6. The van der Waals surface area contributed by atoms with Crippen LogP contribution in [0.3, 0.4) is 0 Å². The van der Waals surface area contributed by atoms with Gasteiger partial charge in [0.25, 0.3) is 0 Å². The predicted molar refractivity (Wildman–Crippen MR) is 131 cm³/mol. The molecule has 1 heterocycles. The largest absolute Gasteiger partial charge is 0.508 e. The van der Waals surface area contributed by atoms with E-state index in [2.05, 4.69) is 4.90 Å². The van der Waals surface area contributed by atoms with Crippen LogP contribution >= 0.6 is 0 Å². The van der Waals surface area contributed by atoms with Crippen LogP contribution in [0.2, 0.25) is 0 Å². The third kappa shape index (κ3) is 4.78. The third-order valence-electron chi connectivity index (χ3n) is 8.06. The van der Waals surface area contributed by atoms with Crippen molar-refractivity contribution in [1.29, 1.82) is 0 Å². The van der Waals surface area contributed by atoms with Gasteiger partial charge in [0, 0.05) is 29.5 Å². The van der Waals surface area contributed by atoms with Crippen LogP contribution in [0, 0.1) is 5.92 Å². The number of rotatable bonds is 7. The highest BCUT2D eigenvalue weighted by molar-refractivity contribution is 7.90. The molecule has 0 unspecified atom stereocenters. The molecule has 0 aromatic heterocycles. The number of benzene rings is 2. The zero-order valence-electron chi connectivity index (χ0n) is 19.8. The number of phenolic OH excluding ortho intramolecular Hbond substituents is 2. The number of hydrogen-bond donors (Lipinski definition) is 2. The van der Waals surface area contributed by atoms with Gasteiger partial charge >= 0.3 is 0 Å². The first-order chi connectivity index (χ1) is 16.3. The monoisotopic (exact) mass is 485 g/mol. The Hall–Kier alpha value is -2.25. The van der Waals surface area contributed by atoms with E-state index in [-0.39, 0.29) is 28.5 Å². The molecule has 2 aromatic rings. The van der Waals surface area contributed by atoms with Crippen LogP contribution in [0.25, 0.3) is 0 Å². The second kappa shape index (κ2) is 9.42. The normalized spacial score (nSPS) is 25.6. The van der Waals surface area contributed by atoms with Crippen LogP contribution in [0.15, 0.2) is 41.3 Å². The molecule has 2 fully saturated rings. The average Bonchev–Trinajstić information content (AvgIpc) is 3.53. The molecule has 2 aliphatic carbocycles. The molecule has 0 radical (unpaired) electrons. The summed E-state index contributed by atoms with van der Waals surface area (Å²) in [6.45, 7) is 1.01. The van der Waals surface area contributed by atoms with Crippen LogP contribution in [-0.2, 0) is 16.3 Å². The lowest BCUT2D eigenvalue weighted by atomic mass is 9.96. The van der Waals surface area contributed by atoms with E-state index in [9.17, 15) is 18.6 Å². The Morgan fingerprint density at radius 1 is 1.00 bits per heavy atom. The highest BCUT2D eigenvalue weighted by atomic mass is 32.2. The molecule has 3 atom stereocenters. The molecule has 1 saturated carbocycles. The quantitative estimate of drug-likeness (QED) is 0.575. The molecular weight excluding hydrogens is 450 g/mol. The minimum absolute atomic E-state index is 0.0251. The summed E-state index contributed by atoms with van der Waals surface area (Å²) in [5, 5.41) is 20.8. The van der Waals surface area contributed by atoms with Crippen LogP contribution in [0.5, 0.6) is 17.2 Å². The molecule has 2 aromatic carbocycles. The van der Waals surface area contributed by atoms with E-state index >= 15 is 0 Å². The summed E-state index contributed by atoms with van der Waals surface area (Å²) in [5.41, 5.74) is 1.65. The standard InChI is InChI=1S/C27H35NO5S/c1-34(31,32)22-12-10-21(11-13-22)33-27-24-15-20(29)16-26(30)23(24)17-25(27)28-14-4-7-19(28)9-8-18-5-2-3-6-18/h10-13,15-16,18-19,25,27,29-30H,2-9,14,17H2,1H3/t19-,25-,27-/m0/s1. The van der Waals surface area contributed by atoms with Crippen molar-refractivity contribution in [2.24, 2.45) is 5.92 Å². The fourth-order valence-corrected chi connectivity index (χ4v) is 6.97. The summed E-state index contributed by atoms with van der Waals surface area (Å²) in [5.74, 6) is 1.58. The first-order valence-corrected chi connectivity index (χ1v) is 14.5. The van der Waals surface area contributed by atoms with E-state index in [4.69, 9.17) is 4.74 Å². The van der Waals surface area contributed by atoms with Crippen molar-refractivity contribution in [3.63, 3.8) is 0 Å². The molecule has 34 heavy (non-hydrogen) atoms. The molecule has 3 aliphatic rings. The van der Waals surface area contributed by atoms with E-state index < -0.39 is 9.84 Å². The maximum atomic E-state index is 11.8. The number of nitrogens with zero attached hydrogens (tertiary/aromatic N) is 1. The first kappa shape index (κ1) is 23.5. The number of aromatic hydroxyl groups is 2. The zero-order valence-corrected chi connectivity index (χ0v) is 20.6. The van der Waals surface area contributed by atoms with Crippen molar-refractivity contribution < 1.29 is 23.4 Å². The van der Waals surface area contributed by atoms with E-state index in [1.54, 1.807) is 30.3 Å². The molecule has 5 rings (SSSR count). The highest BCUT2D eigenvalue weighted by Crippen LogP contribution is 2.46. The second-order valence-corrected chi connectivity index (χ2v) is 12.4. The van der Waals surface area contributed by atoms with Gasteiger partial charge in [-0.25, -0.2) is 8.42 Å². The van der Waals surface area contributed by atoms with Gasteiger partial charge in [-0.3, -0.25) is 4.90 Å². The topological polar surface area (TPSA) is 87.1 Å². The summed E-state index contributed by atoms with van der Waals surface area (Å²) in [7, 11) is -3.28. The fraction of sp³-hybridized carbons (Fsp3) is 0.556. The van der Waals surface area contributed by atoms with Gasteiger partial charge in [0.1, 0.15) is 23.4 Å². The lowest BCUT2D eigenvalue weighted by molar-refractivity contribution is 0.0649. The van der Waals surface area contributed by atoms with E-state index in [1.807, 2.05) is 0 Å². The maximum Gasteiger partial charge on any atom is 0.175 e. The van der Waals surface area contributed by atoms with Crippen LogP contribution in [-0.4, -0.2) is 48.4 Å². The van der Waals surface area contributed by atoms with Crippen LogP contribution < -0.4 is 4.74 Å². The van der Waals surface area contributed by atoms with Crippen molar-refractivity contribution in [2.75, 3.05) is 12.8 Å². The SMILES string of the molecule is CS(=O)(=O)c1ccc(O[C@H]2c3cc(O)cc(O)c3C[C@@H]2N2CCC[C@H]2CCC2CCCC2)cc1. The molecule has 2 N–H and O–H groups in total. The summed E-state index contributed by atoms with van der Waals surface area (Å²) < 4.78 is 30.2. The number of fused-ring (bicyclic) bond motifs is 1. The Morgan fingerprint density at radius 3 is 2.44 bits per heavy atom. The van der Waals surface area contributed by atoms with Crippen molar-refractivity contribution in [2.45, 2.75) is 80.9 Å². The number of phenols is 2. The van der Waals surface area contributed by atoms with E-state index in [1.165, 1.54) is 57.3 Å². The molecule has 184 valence electrons. The van der Waals surface area contributed by atoms with Crippen molar-refractivity contribution in [1.82, 2.24) is 4.90 Å². The lowest BCUT2D eigenvalue weighted by Gasteiger charge is -2.35. The van der Waals surface area contributed by atoms with Crippen molar-refractivity contribution in [3.8, 4) is 17.2 Å². The Bertz CT molecular complexity index is 1120. The maximum absolute atomic E-state index is 11.8. The molecule has 1 aliphatic heterocycles.